The monoisotopic (exact) mass is 441 g/mol. The van der Waals surface area contributed by atoms with Crippen molar-refractivity contribution in [1.82, 2.24) is 9.55 Å². The molecule has 0 radical (unpaired) electrons. The number of nitrogens with one attached hydrogen (secondary N) is 1. The van der Waals surface area contributed by atoms with Crippen LogP contribution in [0.2, 0.25) is 0 Å². The molecule has 2 aromatic rings. The number of carbonyl (C=O) groups is 1. The predicted octanol–water partition coefficient (Wildman–Crippen LogP) is -0.467. The van der Waals surface area contributed by atoms with E-state index in [1.807, 2.05) is 13.0 Å². The van der Waals surface area contributed by atoms with Gasteiger partial charge in [0.2, 0.25) is 0 Å². The van der Waals surface area contributed by atoms with Gasteiger partial charge in [-0.1, -0.05) is 17.7 Å². The molecule has 0 saturated carbocycles. The van der Waals surface area contributed by atoms with Gasteiger partial charge in [0.1, 0.15) is 24.1 Å². The van der Waals surface area contributed by atoms with Crippen molar-refractivity contribution in [2.45, 2.75) is 31.5 Å². The van der Waals surface area contributed by atoms with E-state index in [-0.39, 0.29) is 5.82 Å². The van der Waals surface area contributed by atoms with Gasteiger partial charge in [-0.25, -0.2) is 9.36 Å². The highest BCUT2D eigenvalue weighted by Crippen LogP contribution is 2.38. The summed E-state index contributed by atoms with van der Waals surface area (Å²) in [5.41, 5.74) is 0.380. The van der Waals surface area contributed by atoms with Crippen LogP contribution in [0.1, 0.15) is 22.1 Å². The molecule has 1 aromatic carbocycles. The minimum atomic E-state index is -4.81. The van der Waals surface area contributed by atoms with Crippen LogP contribution in [0.5, 0.6) is 0 Å². The zero-order chi connectivity index (χ0) is 22.1. The van der Waals surface area contributed by atoms with E-state index in [1.54, 1.807) is 18.2 Å². The summed E-state index contributed by atoms with van der Waals surface area (Å²) in [6.07, 6.45) is -4.59. The van der Waals surface area contributed by atoms with E-state index in [4.69, 9.17) is 14.5 Å². The van der Waals surface area contributed by atoms with Crippen molar-refractivity contribution >= 4 is 19.5 Å². The first-order valence-electron chi connectivity index (χ1n) is 8.74. The largest absolute Gasteiger partial charge is 0.469 e. The number of hydrogen-bond donors (Lipinski definition) is 5. The molecule has 1 fully saturated rings. The molecule has 1 saturated heterocycles. The highest BCUT2D eigenvalue weighted by atomic mass is 31.2. The maximum Gasteiger partial charge on any atom is 0.469 e. The molecule has 4 unspecified atom stereocenters. The maximum atomic E-state index is 12.3. The number of hydrogen-bond acceptors (Lipinski definition) is 8. The number of ether oxygens (including phenoxy) is 1. The van der Waals surface area contributed by atoms with Crippen LogP contribution in [-0.2, 0) is 13.8 Å². The standard InChI is InChI=1S/C17H20N3O9P/c1-9-3-2-4-10(7-9)15(23)18-12-5-6-20(17(24)19-12)16-14(22)13(21)11(29-16)8-28-30(25,26)27/h2-7,11,13-14,16,21-22H,8H2,1H3,(H2,25,26,27)(H,18,19,23,24). The van der Waals surface area contributed by atoms with Crippen LogP contribution in [0.3, 0.4) is 0 Å². The van der Waals surface area contributed by atoms with Gasteiger partial charge in [0, 0.05) is 11.8 Å². The molecule has 1 amide bonds. The molecule has 1 aromatic heterocycles. The van der Waals surface area contributed by atoms with Gasteiger partial charge in [-0.2, -0.15) is 4.98 Å². The average molecular weight is 441 g/mol. The lowest BCUT2D eigenvalue weighted by molar-refractivity contribution is -0.0542. The van der Waals surface area contributed by atoms with Gasteiger partial charge in [-0.05, 0) is 25.1 Å². The van der Waals surface area contributed by atoms with Crippen molar-refractivity contribution in [3.8, 4) is 0 Å². The molecule has 1 aliphatic rings. The Balaban J connectivity index is 1.73. The smallest absolute Gasteiger partial charge is 0.387 e. The van der Waals surface area contributed by atoms with Crippen molar-refractivity contribution in [2.75, 3.05) is 11.9 Å². The normalized spacial score (nSPS) is 24.0. The molecule has 5 N–H and O–H groups in total. The summed E-state index contributed by atoms with van der Waals surface area (Å²) < 4.78 is 21.3. The van der Waals surface area contributed by atoms with Crippen molar-refractivity contribution in [2.24, 2.45) is 0 Å². The second-order valence-corrected chi connectivity index (χ2v) is 7.90. The summed E-state index contributed by atoms with van der Waals surface area (Å²) >= 11 is 0. The van der Waals surface area contributed by atoms with Gasteiger partial charge in [0.25, 0.3) is 5.91 Å². The van der Waals surface area contributed by atoms with Gasteiger partial charge in [-0.3, -0.25) is 13.9 Å². The molecule has 4 atom stereocenters. The summed E-state index contributed by atoms with van der Waals surface area (Å²) in [4.78, 5) is 45.8. The number of amides is 1. The zero-order valence-corrected chi connectivity index (χ0v) is 16.5. The highest BCUT2D eigenvalue weighted by molar-refractivity contribution is 7.46. The molecular weight excluding hydrogens is 421 g/mol. The second kappa shape index (κ2) is 8.74. The predicted molar refractivity (Wildman–Crippen MR) is 102 cm³/mol. The fourth-order valence-electron chi connectivity index (χ4n) is 2.92. The summed E-state index contributed by atoms with van der Waals surface area (Å²) in [5, 5.41) is 22.6. The third kappa shape index (κ3) is 5.18. The topological polar surface area (TPSA) is 180 Å². The van der Waals surface area contributed by atoms with E-state index in [1.165, 1.54) is 12.3 Å². The van der Waals surface area contributed by atoms with Gasteiger partial charge < -0.3 is 30.1 Å². The first kappa shape index (κ1) is 22.2. The molecule has 0 aliphatic carbocycles. The fourth-order valence-corrected chi connectivity index (χ4v) is 3.26. The SMILES string of the molecule is Cc1cccc(C(=O)Nc2ccn(C3OC(COP(=O)(O)O)C(O)C3O)c(=O)n2)c1. The fraction of sp³-hybridized carbons (Fsp3) is 0.353. The Morgan fingerprint density at radius 3 is 2.67 bits per heavy atom. The molecule has 12 nitrogen and oxygen atoms in total. The Morgan fingerprint density at radius 2 is 2.03 bits per heavy atom. The summed E-state index contributed by atoms with van der Waals surface area (Å²) in [7, 11) is -4.81. The molecule has 13 heteroatoms. The van der Waals surface area contributed by atoms with E-state index < -0.39 is 50.6 Å². The number of aliphatic hydroxyl groups excluding tert-OH is 2. The lowest BCUT2D eigenvalue weighted by Crippen LogP contribution is -2.36. The summed E-state index contributed by atoms with van der Waals surface area (Å²) in [5.74, 6) is -0.497. The molecule has 3 rings (SSSR count). The average Bonchev–Trinajstić information content (AvgIpc) is 2.94. The second-order valence-electron chi connectivity index (χ2n) is 6.66. The molecule has 30 heavy (non-hydrogen) atoms. The number of carbonyl (C=O) groups excluding carboxylic acids is 1. The van der Waals surface area contributed by atoms with Crippen molar-refractivity contribution < 1.29 is 38.6 Å². The number of anilines is 1. The number of nitrogens with zero attached hydrogens (tertiary/aromatic N) is 2. The molecule has 0 spiro atoms. The van der Waals surface area contributed by atoms with E-state index in [0.717, 1.165) is 10.1 Å². The van der Waals surface area contributed by atoms with E-state index >= 15 is 0 Å². The molecule has 0 bridgehead atoms. The quantitative estimate of drug-likeness (QED) is 0.368. The number of aryl methyl sites for hydroxylation is 1. The number of aromatic nitrogens is 2. The number of phosphoric acid groups is 1. The Kier molecular flexibility index (Phi) is 6.48. The minimum Gasteiger partial charge on any atom is -0.387 e. The van der Waals surface area contributed by atoms with E-state index in [0.29, 0.717) is 5.56 Å². The Morgan fingerprint density at radius 1 is 1.30 bits per heavy atom. The molecular formula is C17H20N3O9P. The van der Waals surface area contributed by atoms with Crippen LogP contribution in [0.15, 0.2) is 41.3 Å². The van der Waals surface area contributed by atoms with Gasteiger partial charge in [0.15, 0.2) is 6.23 Å². The molecule has 1 aliphatic heterocycles. The van der Waals surface area contributed by atoms with Gasteiger partial charge in [-0.15, -0.1) is 0 Å². The Hall–Kier alpha value is -2.44. The van der Waals surface area contributed by atoms with Crippen LogP contribution in [0.25, 0.3) is 0 Å². The van der Waals surface area contributed by atoms with Gasteiger partial charge in [0.05, 0.1) is 6.61 Å². The minimum absolute atomic E-state index is 0.0304. The van der Waals surface area contributed by atoms with Gasteiger partial charge >= 0.3 is 13.5 Å². The number of benzene rings is 1. The lowest BCUT2D eigenvalue weighted by atomic mass is 10.1. The Labute approximate surface area is 170 Å². The Bertz CT molecular complexity index is 1040. The number of phosphoric ester groups is 1. The number of rotatable bonds is 6. The van der Waals surface area contributed by atoms with Crippen LogP contribution >= 0.6 is 7.82 Å². The summed E-state index contributed by atoms with van der Waals surface area (Å²) in [6, 6.07) is 8.12. The van der Waals surface area contributed by atoms with Crippen LogP contribution < -0.4 is 11.0 Å². The van der Waals surface area contributed by atoms with Crippen molar-refractivity contribution in [1.29, 1.82) is 0 Å². The van der Waals surface area contributed by atoms with Crippen molar-refractivity contribution in [3.63, 3.8) is 0 Å². The third-order valence-corrected chi connectivity index (χ3v) is 4.86. The van der Waals surface area contributed by atoms with Crippen LogP contribution in [0, 0.1) is 6.92 Å². The van der Waals surface area contributed by atoms with Crippen LogP contribution in [0.4, 0.5) is 5.82 Å². The highest BCUT2D eigenvalue weighted by Gasteiger charge is 2.45. The number of aliphatic hydroxyl groups is 2. The summed E-state index contributed by atoms with van der Waals surface area (Å²) in [6.45, 7) is 1.13. The van der Waals surface area contributed by atoms with E-state index in [2.05, 4.69) is 14.8 Å². The van der Waals surface area contributed by atoms with Crippen LogP contribution in [-0.4, -0.2) is 60.4 Å². The first-order chi connectivity index (χ1) is 14.0. The molecule has 162 valence electrons. The van der Waals surface area contributed by atoms with Crippen molar-refractivity contribution in [3.05, 3.63) is 58.1 Å². The first-order valence-corrected chi connectivity index (χ1v) is 10.3. The maximum absolute atomic E-state index is 12.3. The zero-order valence-electron chi connectivity index (χ0n) is 15.7. The van der Waals surface area contributed by atoms with E-state index in [9.17, 15) is 24.4 Å². The lowest BCUT2D eigenvalue weighted by Gasteiger charge is -2.17. The molecule has 2 heterocycles. The third-order valence-electron chi connectivity index (χ3n) is 4.37.